The lowest BCUT2D eigenvalue weighted by molar-refractivity contribution is -0.118. The molecule has 0 aliphatic rings. The summed E-state index contributed by atoms with van der Waals surface area (Å²) >= 11 is 5.77. The van der Waals surface area contributed by atoms with Gasteiger partial charge in [-0.3, -0.25) is 9.78 Å². The minimum Gasteiger partial charge on any atom is -0.325 e. The second-order valence-electron chi connectivity index (χ2n) is 4.24. The summed E-state index contributed by atoms with van der Waals surface area (Å²) in [5.41, 5.74) is 1.47. The van der Waals surface area contributed by atoms with Gasteiger partial charge in [0.05, 0.1) is 6.07 Å². The summed E-state index contributed by atoms with van der Waals surface area (Å²) in [6, 6.07) is 12.4. The number of halogens is 1. The largest absolute Gasteiger partial charge is 0.325 e. The first-order valence-electron chi connectivity index (χ1n) is 6.04. The van der Waals surface area contributed by atoms with E-state index in [2.05, 4.69) is 10.3 Å². The number of nitrogens with zero attached hydrogens (tertiary/aromatic N) is 2. The van der Waals surface area contributed by atoms with E-state index in [0.29, 0.717) is 17.1 Å². The van der Waals surface area contributed by atoms with Crippen LogP contribution in [0.15, 0.2) is 48.8 Å². The van der Waals surface area contributed by atoms with Crippen molar-refractivity contribution >= 4 is 23.2 Å². The van der Waals surface area contributed by atoms with Gasteiger partial charge in [-0.1, -0.05) is 17.7 Å². The van der Waals surface area contributed by atoms with E-state index in [-0.39, 0.29) is 5.91 Å². The maximum absolute atomic E-state index is 12.0. The van der Waals surface area contributed by atoms with Gasteiger partial charge in [-0.05, 0) is 42.3 Å². The van der Waals surface area contributed by atoms with Crippen molar-refractivity contribution in [3.8, 4) is 6.07 Å². The van der Waals surface area contributed by atoms with Crippen LogP contribution < -0.4 is 5.32 Å². The van der Waals surface area contributed by atoms with Crippen LogP contribution in [0.25, 0.3) is 0 Å². The Balaban J connectivity index is 2.03. The summed E-state index contributed by atoms with van der Waals surface area (Å²) in [5, 5.41) is 12.4. The van der Waals surface area contributed by atoms with E-state index in [1.54, 1.807) is 42.7 Å². The Morgan fingerprint density at radius 2 is 2.10 bits per heavy atom. The van der Waals surface area contributed by atoms with Gasteiger partial charge in [0.15, 0.2) is 0 Å². The van der Waals surface area contributed by atoms with E-state index in [9.17, 15) is 4.79 Å². The van der Waals surface area contributed by atoms with Crippen LogP contribution in [0.5, 0.6) is 0 Å². The summed E-state index contributed by atoms with van der Waals surface area (Å²) in [5.74, 6) is -1.09. The highest BCUT2D eigenvalue weighted by Crippen LogP contribution is 2.15. The topological polar surface area (TPSA) is 65.8 Å². The van der Waals surface area contributed by atoms with Gasteiger partial charge in [0.2, 0.25) is 5.91 Å². The number of aromatic nitrogens is 1. The lowest BCUT2D eigenvalue weighted by Gasteiger charge is -2.10. The molecule has 0 aliphatic carbocycles. The SMILES string of the molecule is N#C[C@H](Cc1cccnc1)C(=O)Nc1ccc(Cl)cc1. The van der Waals surface area contributed by atoms with E-state index in [0.717, 1.165) is 5.56 Å². The zero-order valence-electron chi connectivity index (χ0n) is 10.6. The quantitative estimate of drug-likeness (QED) is 0.939. The minimum atomic E-state index is -0.755. The number of amides is 1. The number of hydrogen-bond acceptors (Lipinski definition) is 3. The lowest BCUT2D eigenvalue weighted by Crippen LogP contribution is -2.23. The fraction of sp³-hybridized carbons (Fsp3) is 0.133. The highest BCUT2D eigenvalue weighted by Gasteiger charge is 2.18. The Labute approximate surface area is 122 Å². The molecule has 5 heteroatoms. The van der Waals surface area contributed by atoms with E-state index < -0.39 is 5.92 Å². The summed E-state index contributed by atoms with van der Waals surface area (Å²) in [7, 11) is 0. The molecule has 1 aromatic carbocycles. The smallest absolute Gasteiger partial charge is 0.242 e. The van der Waals surface area contributed by atoms with Crippen LogP contribution in [0, 0.1) is 17.2 Å². The molecule has 2 aromatic rings. The summed E-state index contributed by atoms with van der Waals surface area (Å²) in [6.45, 7) is 0. The number of nitriles is 1. The lowest BCUT2D eigenvalue weighted by atomic mass is 10.0. The van der Waals surface area contributed by atoms with Crippen LogP contribution in [0.2, 0.25) is 5.02 Å². The maximum atomic E-state index is 12.0. The van der Waals surface area contributed by atoms with Gasteiger partial charge in [0.25, 0.3) is 0 Å². The van der Waals surface area contributed by atoms with Gasteiger partial charge in [-0.15, -0.1) is 0 Å². The van der Waals surface area contributed by atoms with Crippen LogP contribution in [0.4, 0.5) is 5.69 Å². The monoisotopic (exact) mass is 285 g/mol. The second-order valence-corrected chi connectivity index (χ2v) is 4.68. The van der Waals surface area contributed by atoms with E-state index in [1.165, 1.54) is 0 Å². The van der Waals surface area contributed by atoms with Gasteiger partial charge in [0.1, 0.15) is 5.92 Å². The zero-order chi connectivity index (χ0) is 14.4. The number of pyridine rings is 1. The summed E-state index contributed by atoms with van der Waals surface area (Å²) < 4.78 is 0. The molecular weight excluding hydrogens is 274 g/mol. The average molecular weight is 286 g/mol. The highest BCUT2D eigenvalue weighted by atomic mass is 35.5. The summed E-state index contributed by atoms with van der Waals surface area (Å²) in [4.78, 5) is 16.0. The Kier molecular flexibility index (Phi) is 4.70. The average Bonchev–Trinajstić information content (AvgIpc) is 2.48. The van der Waals surface area contributed by atoms with E-state index >= 15 is 0 Å². The van der Waals surface area contributed by atoms with Crippen molar-refractivity contribution in [3.63, 3.8) is 0 Å². The molecule has 0 spiro atoms. The fourth-order valence-corrected chi connectivity index (χ4v) is 1.84. The first kappa shape index (κ1) is 14.0. The first-order chi connectivity index (χ1) is 9.69. The zero-order valence-corrected chi connectivity index (χ0v) is 11.3. The molecule has 20 heavy (non-hydrogen) atoms. The van der Waals surface area contributed by atoms with Gasteiger partial charge in [-0.25, -0.2) is 0 Å². The number of anilines is 1. The molecule has 1 N–H and O–H groups in total. The third kappa shape index (κ3) is 3.81. The van der Waals surface area contributed by atoms with Crippen molar-refractivity contribution in [2.45, 2.75) is 6.42 Å². The number of rotatable bonds is 4. The van der Waals surface area contributed by atoms with Crippen molar-refractivity contribution in [3.05, 3.63) is 59.4 Å². The molecule has 0 fully saturated rings. The van der Waals surface area contributed by atoms with Crippen molar-refractivity contribution in [2.24, 2.45) is 5.92 Å². The number of nitrogens with one attached hydrogen (secondary N) is 1. The van der Waals surface area contributed by atoms with Crippen LogP contribution in [0.3, 0.4) is 0 Å². The number of hydrogen-bond donors (Lipinski definition) is 1. The molecule has 4 nitrogen and oxygen atoms in total. The van der Waals surface area contributed by atoms with Crippen molar-refractivity contribution in [1.82, 2.24) is 4.98 Å². The van der Waals surface area contributed by atoms with Gasteiger partial charge in [0, 0.05) is 23.1 Å². The predicted octanol–water partition coefficient (Wildman–Crippen LogP) is 3.06. The predicted molar refractivity (Wildman–Crippen MR) is 77.1 cm³/mol. The molecule has 0 saturated carbocycles. The standard InChI is InChI=1S/C15H12ClN3O/c16-13-3-5-14(6-4-13)19-15(20)12(9-17)8-11-2-1-7-18-10-11/h1-7,10,12H,8H2,(H,19,20)/t12-/m0/s1. The highest BCUT2D eigenvalue weighted by molar-refractivity contribution is 6.30. The Morgan fingerprint density at radius 3 is 2.70 bits per heavy atom. The molecular formula is C15H12ClN3O. The van der Waals surface area contributed by atoms with Crippen LogP contribution in [-0.2, 0) is 11.2 Å². The molecule has 0 radical (unpaired) electrons. The Hall–Kier alpha value is -2.38. The van der Waals surface area contributed by atoms with Gasteiger partial charge in [-0.2, -0.15) is 5.26 Å². The van der Waals surface area contributed by atoms with E-state index in [1.807, 2.05) is 12.1 Å². The fourth-order valence-electron chi connectivity index (χ4n) is 1.71. The molecule has 0 unspecified atom stereocenters. The van der Waals surface area contributed by atoms with Crippen molar-refractivity contribution < 1.29 is 4.79 Å². The molecule has 2 rings (SSSR count). The van der Waals surface area contributed by atoms with Gasteiger partial charge >= 0.3 is 0 Å². The molecule has 0 aliphatic heterocycles. The molecule has 1 aromatic heterocycles. The third-order valence-electron chi connectivity index (χ3n) is 2.75. The third-order valence-corrected chi connectivity index (χ3v) is 3.00. The van der Waals surface area contributed by atoms with E-state index in [4.69, 9.17) is 16.9 Å². The Bertz CT molecular complexity index is 620. The molecule has 1 heterocycles. The normalized spacial score (nSPS) is 11.4. The minimum absolute atomic E-state index is 0.335. The van der Waals surface area contributed by atoms with Crippen molar-refractivity contribution in [1.29, 1.82) is 5.26 Å². The molecule has 1 atom stereocenters. The summed E-state index contributed by atoms with van der Waals surface area (Å²) in [6.07, 6.45) is 3.64. The molecule has 0 bridgehead atoms. The van der Waals surface area contributed by atoms with Gasteiger partial charge < -0.3 is 5.32 Å². The maximum Gasteiger partial charge on any atom is 0.242 e. The molecule has 0 saturated heterocycles. The number of carbonyl (C=O) groups excluding carboxylic acids is 1. The number of benzene rings is 1. The molecule has 1 amide bonds. The number of carbonyl (C=O) groups is 1. The Morgan fingerprint density at radius 1 is 1.35 bits per heavy atom. The van der Waals surface area contributed by atoms with Crippen LogP contribution >= 0.6 is 11.6 Å². The van der Waals surface area contributed by atoms with Crippen LogP contribution in [0.1, 0.15) is 5.56 Å². The second kappa shape index (κ2) is 6.69. The molecule has 100 valence electrons. The van der Waals surface area contributed by atoms with Crippen LogP contribution in [-0.4, -0.2) is 10.9 Å². The van der Waals surface area contributed by atoms with Crippen molar-refractivity contribution in [2.75, 3.05) is 5.32 Å². The first-order valence-corrected chi connectivity index (χ1v) is 6.42.